The second-order valence-electron chi connectivity index (χ2n) is 6.17. The van der Waals surface area contributed by atoms with Gasteiger partial charge in [-0.1, -0.05) is 0 Å². The third-order valence-corrected chi connectivity index (χ3v) is 6.20. The van der Waals surface area contributed by atoms with Crippen LogP contribution in [0.4, 0.5) is 0 Å². The average Bonchev–Trinajstić information content (AvgIpc) is 3.18. The van der Waals surface area contributed by atoms with Gasteiger partial charge in [0.1, 0.15) is 10.7 Å². The van der Waals surface area contributed by atoms with E-state index in [0.717, 1.165) is 0 Å². The lowest BCUT2D eigenvalue weighted by molar-refractivity contribution is -0.123. The molecule has 0 saturated carbocycles. The van der Waals surface area contributed by atoms with Gasteiger partial charge in [-0.3, -0.25) is 14.7 Å². The highest BCUT2D eigenvalue weighted by molar-refractivity contribution is 7.89. The van der Waals surface area contributed by atoms with Crippen molar-refractivity contribution in [3.05, 3.63) is 48.7 Å². The molecule has 1 aliphatic rings. The van der Waals surface area contributed by atoms with E-state index in [0.29, 0.717) is 31.9 Å². The lowest BCUT2D eigenvalue weighted by Crippen LogP contribution is -2.51. The van der Waals surface area contributed by atoms with E-state index in [2.05, 4.69) is 10.3 Å². The van der Waals surface area contributed by atoms with E-state index in [1.165, 1.54) is 16.6 Å². The van der Waals surface area contributed by atoms with E-state index in [4.69, 9.17) is 4.42 Å². The lowest BCUT2D eigenvalue weighted by atomic mass is 10.2. The van der Waals surface area contributed by atoms with Crippen molar-refractivity contribution in [1.29, 1.82) is 0 Å². The molecule has 1 atom stereocenters. The van der Waals surface area contributed by atoms with Crippen LogP contribution in [0.25, 0.3) is 0 Å². The Bertz CT molecular complexity index is 816. The zero-order valence-corrected chi connectivity index (χ0v) is 15.4. The molecule has 1 unspecified atom stereocenters. The summed E-state index contributed by atoms with van der Waals surface area (Å²) in [6, 6.07) is 6.53. The van der Waals surface area contributed by atoms with Gasteiger partial charge in [0.2, 0.25) is 15.9 Å². The Hall–Kier alpha value is -2.23. The first-order valence-electron chi connectivity index (χ1n) is 8.42. The number of pyridine rings is 1. The minimum Gasteiger partial charge on any atom is -0.467 e. The van der Waals surface area contributed by atoms with Gasteiger partial charge in [0, 0.05) is 38.6 Å². The Morgan fingerprint density at radius 1 is 1.27 bits per heavy atom. The van der Waals surface area contributed by atoms with Gasteiger partial charge in [-0.2, -0.15) is 4.31 Å². The third kappa shape index (κ3) is 4.29. The average molecular weight is 378 g/mol. The first kappa shape index (κ1) is 18.6. The summed E-state index contributed by atoms with van der Waals surface area (Å²) in [6.45, 7) is 3.78. The Balaban J connectivity index is 1.50. The number of piperazine rings is 1. The van der Waals surface area contributed by atoms with Crippen molar-refractivity contribution >= 4 is 15.9 Å². The first-order valence-corrected chi connectivity index (χ1v) is 9.86. The number of nitrogens with one attached hydrogen (secondary N) is 1. The number of carbonyl (C=O) groups is 1. The highest BCUT2D eigenvalue weighted by atomic mass is 32.2. The fourth-order valence-corrected chi connectivity index (χ4v) is 4.26. The predicted octanol–water partition coefficient (Wildman–Crippen LogP) is 0.858. The second kappa shape index (κ2) is 7.98. The van der Waals surface area contributed by atoms with E-state index >= 15 is 0 Å². The molecule has 9 heteroatoms. The van der Waals surface area contributed by atoms with Crippen LogP contribution in [0.5, 0.6) is 0 Å². The monoisotopic (exact) mass is 378 g/mol. The number of rotatable bonds is 6. The predicted molar refractivity (Wildman–Crippen MR) is 94.7 cm³/mol. The maximum absolute atomic E-state index is 12.6. The summed E-state index contributed by atoms with van der Waals surface area (Å²) >= 11 is 0. The van der Waals surface area contributed by atoms with Crippen molar-refractivity contribution in [2.45, 2.75) is 17.9 Å². The highest BCUT2D eigenvalue weighted by Crippen LogP contribution is 2.16. The van der Waals surface area contributed by atoms with Crippen molar-refractivity contribution in [3.8, 4) is 0 Å². The third-order valence-electron chi connectivity index (χ3n) is 4.32. The molecule has 3 heterocycles. The van der Waals surface area contributed by atoms with Gasteiger partial charge >= 0.3 is 0 Å². The number of nitrogens with zero attached hydrogens (tertiary/aromatic N) is 3. The first-order chi connectivity index (χ1) is 12.5. The highest BCUT2D eigenvalue weighted by Gasteiger charge is 2.29. The quantitative estimate of drug-likeness (QED) is 0.801. The number of furan rings is 1. The molecule has 0 bridgehead atoms. The van der Waals surface area contributed by atoms with E-state index in [-0.39, 0.29) is 23.4 Å². The molecule has 0 aromatic carbocycles. The molecule has 1 fully saturated rings. The molecule has 140 valence electrons. The van der Waals surface area contributed by atoms with Crippen LogP contribution in [0.3, 0.4) is 0 Å². The van der Waals surface area contributed by atoms with Crippen LogP contribution >= 0.6 is 0 Å². The van der Waals surface area contributed by atoms with Crippen LogP contribution < -0.4 is 5.32 Å². The normalized spacial score (nSPS) is 17.7. The van der Waals surface area contributed by atoms with Crippen molar-refractivity contribution in [1.82, 2.24) is 19.5 Å². The number of sulfonamides is 1. The molecule has 26 heavy (non-hydrogen) atoms. The molecule has 1 N–H and O–H groups in total. The number of hydrogen-bond acceptors (Lipinski definition) is 6. The van der Waals surface area contributed by atoms with E-state index in [9.17, 15) is 13.2 Å². The van der Waals surface area contributed by atoms with Gasteiger partial charge in [-0.25, -0.2) is 8.42 Å². The summed E-state index contributed by atoms with van der Waals surface area (Å²) in [6.07, 6.45) is 4.46. The molecule has 2 aromatic heterocycles. The van der Waals surface area contributed by atoms with Gasteiger partial charge in [0.05, 0.1) is 18.8 Å². The largest absolute Gasteiger partial charge is 0.467 e. The maximum atomic E-state index is 12.6. The van der Waals surface area contributed by atoms with Gasteiger partial charge < -0.3 is 9.73 Å². The summed E-state index contributed by atoms with van der Waals surface area (Å²) in [5, 5.41) is 2.88. The van der Waals surface area contributed by atoms with Crippen LogP contribution in [0.15, 0.2) is 52.2 Å². The lowest BCUT2D eigenvalue weighted by Gasteiger charge is -2.33. The Morgan fingerprint density at radius 2 is 2.04 bits per heavy atom. The molecule has 1 aliphatic heterocycles. The summed E-state index contributed by atoms with van der Waals surface area (Å²) in [7, 11) is -3.53. The SMILES string of the molecule is CC(NC(=O)CN1CCN(S(=O)(=O)c2cccnc2)CC1)c1ccco1. The summed E-state index contributed by atoms with van der Waals surface area (Å²) in [5.74, 6) is 0.586. The smallest absolute Gasteiger partial charge is 0.244 e. The zero-order chi connectivity index (χ0) is 18.6. The summed E-state index contributed by atoms with van der Waals surface area (Å²) < 4.78 is 31.8. The fraction of sp³-hybridized carbons (Fsp3) is 0.412. The second-order valence-corrected chi connectivity index (χ2v) is 8.11. The van der Waals surface area contributed by atoms with Crippen LogP contribution in [0.1, 0.15) is 18.7 Å². The molecular formula is C17H22N4O4S. The molecule has 1 saturated heterocycles. The molecule has 0 radical (unpaired) electrons. The number of carbonyl (C=O) groups excluding carboxylic acids is 1. The number of aromatic nitrogens is 1. The van der Waals surface area contributed by atoms with Crippen molar-refractivity contribution in [2.24, 2.45) is 0 Å². The maximum Gasteiger partial charge on any atom is 0.244 e. The molecule has 2 aromatic rings. The summed E-state index contributed by atoms with van der Waals surface area (Å²) in [4.78, 5) is 18.2. The zero-order valence-electron chi connectivity index (χ0n) is 14.5. The Labute approximate surface area is 152 Å². The fourth-order valence-electron chi connectivity index (χ4n) is 2.88. The number of hydrogen-bond donors (Lipinski definition) is 1. The van der Waals surface area contributed by atoms with Gasteiger partial charge in [0.25, 0.3) is 0 Å². The van der Waals surface area contributed by atoms with E-state index in [1.54, 1.807) is 24.6 Å². The Morgan fingerprint density at radius 3 is 2.65 bits per heavy atom. The molecular weight excluding hydrogens is 356 g/mol. The minimum absolute atomic E-state index is 0.113. The standard InChI is InChI=1S/C17H22N4O4S/c1-14(16-5-3-11-25-16)19-17(22)13-20-7-9-21(10-8-20)26(23,24)15-4-2-6-18-12-15/h2-6,11-12,14H,7-10,13H2,1H3,(H,19,22). The van der Waals surface area contributed by atoms with Gasteiger partial charge in [-0.15, -0.1) is 0 Å². The number of amides is 1. The van der Waals surface area contributed by atoms with Crippen LogP contribution in [-0.2, 0) is 14.8 Å². The Kier molecular flexibility index (Phi) is 5.70. The molecule has 3 rings (SSSR count). The van der Waals surface area contributed by atoms with E-state index < -0.39 is 10.0 Å². The molecule has 0 spiro atoms. The van der Waals surface area contributed by atoms with Crippen LogP contribution in [0.2, 0.25) is 0 Å². The summed E-state index contributed by atoms with van der Waals surface area (Å²) in [5.41, 5.74) is 0. The topological polar surface area (TPSA) is 95.8 Å². The van der Waals surface area contributed by atoms with Crippen LogP contribution in [-0.4, -0.2) is 61.2 Å². The molecule has 0 aliphatic carbocycles. The van der Waals surface area contributed by atoms with Gasteiger partial charge in [0.15, 0.2) is 0 Å². The van der Waals surface area contributed by atoms with Crippen molar-refractivity contribution < 1.29 is 17.6 Å². The van der Waals surface area contributed by atoms with Gasteiger partial charge in [-0.05, 0) is 31.2 Å². The minimum atomic E-state index is -3.53. The van der Waals surface area contributed by atoms with Crippen molar-refractivity contribution in [3.63, 3.8) is 0 Å². The van der Waals surface area contributed by atoms with Crippen LogP contribution in [0, 0.1) is 0 Å². The van der Waals surface area contributed by atoms with E-state index in [1.807, 2.05) is 17.9 Å². The molecule has 1 amide bonds. The van der Waals surface area contributed by atoms with Crippen molar-refractivity contribution in [2.75, 3.05) is 32.7 Å². The molecule has 8 nitrogen and oxygen atoms in total.